The Hall–Kier alpha value is -1.39. The average molecular weight is 308 g/mol. The molecule has 4 heteroatoms. The van der Waals surface area contributed by atoms with Crippen LogP contribution < -0.4 is 5.73 Å². The van der Waals surface area contributed by atoms with Gasteiger partial charge in [-0.3, -0.25) is 0 Å². The van der Waals surface area contributed by atoms with E-state index in [-0.39, 0.29) is 18.4 Å². The third kappa shape index (κ3) is 7.25. The molecule has 0 aliphatic heterocycles. The first-order chi connectivity index (χ1) is 9.84. The highest BCUT2D eigenvalue weighted by Gasteiger charge is 2.03. The molecule has 0 atom stereocenters. The van der Waals surface area contributed by atoms with Gasteiger partial charge in [0.2, 0.25) is 0 Å². The van der Waals surface area contributed by atoms with Crippen molar-refractivity contribution >= 4 is 12.4 Å². The molecule has 114 valence electrons. The molecule has 2 aromatic rings. The molecule has 0 radical (unpaired) electrons. The van der Waals surface area contributed by atoms with Crippen molar-refractivity contribution in [2.75, 3.05) is 13.2 Å². The van der Waals surface area contributed by atoms with Crippen molar-refractivity contribution in [3.63, 3.8) is 0 Å². The standard InChI is InChI=1S/C17H21NO2.ClH/c18-17(13-19-11-15-7-3-1-4-8-15)14-20-12-16-9-5-2-6-10-16;/h1-10,17H,11-14,18H2;1H. The zero-order chi connectivity index (χ0) is 14.0. The molecule has 0 saturated carbocycles. The molecule has 2 aromatic carbocycles. The van der Waals surface area contributed by atoms with Gasteiger partial charge in [0.15, 0.2) is 0 Å². The minimum Gasteiger partial charge on any atom is -0.375 e. The number of nitrogens with two attached hydrogens (primary N) is 1. The molecule has 0 aromatic heterocycles. The van der Waals surface area contributed by atoms with Crippen LogP contribution >= 0.6 is 12.4 Å². The topological polar surface area (TPSA) is 44.5 Å². The maximum atomic E-state index is 5.95. The Labute approximate surface area is 132 Å². The van der Waals surface area contributed by atoms with Gasteiger partial charge in [-0.2, -0.15) is 0 Å². The number of hydrogen-bond acceptors (Lipinski definition) is 3. The van der Waals surface area contributed by atoms with E-state index in [2.05, 4.69) is 0 Å². The second-order valence-electron chi connectivity index (χ2n) is 4.76. The lowest BCUT2D eigenvalue weighted by atomic mass is 10.2. The summed E-state index contributed by atoms with van der Waals surface area (Å²) in [6.45, 7) is 2.19. The lowest BCUT2D eigenvalue weighted by Crippen LogP contribution is -2.31. The van der Waals surface area contributed by atoms with Crippen LogP contribution in [-0.4, -0.2) is 19.3 Å². The van der Waals surface area contributed by atoms with Crippen molar-refractivity contribution in [1.82, 2.24) is 0 Å². The second-order valence-corrected chi connectivity index (χ2v) is 4.76. The van der Waals surface area contributed by atoms with Crippen LogP contribution in [0.3, 0.4) is 0 Å². The van der Waals surface area contributed by atoms with Gasteiger partial charge in [-0.25, -0.2) is 0 Å². The maximum absolute atomic E-state index is 5.95. The predicted octanol–water partition coefficient (Wildman–Crippen LogP) is 3.17. The number of hydrogen-bond donors (Lipinski definition) is 1. The summed E-state index contributed by atoms with van der Waals surface area (Å²) in [6, 6.07) is 20.1. The molecule has 0 heterocycles. The molecule has 0 amide bonds. The Kier molecular flexibility index (Phi) is 8.71. The molecule has 0 fully saturated rings. The fourth-order valence-corrected chi connectivity index (χ4v) is 1.85. The van der Waals surface area contributed by atoms with Crippen LogP contribution in [0.5, 0.6) is 0 Å². The van der Waals surface area contributed by atoms with Crippen LogP contribution in [0.2, 0.25) is 0 Å². The first-order valence-electron chi connectivity index (χ1n) is 6.83. The summed E-state index contributed by atoms with van der Waals surface area (Å²) in [5, 5.41) is 0. The van der Waals surface area contributed by atoms with Gasteiger partial charge in [0.05, 0.1) is 32.5 Å². The number of halogens is 1. The van der Waals surface area contributed by atoms with Crippen molar-refractivity contribution in [3.8, 4) is 0 Å². The van der Waals surface area contributed by atoms with Gasteiger partial charge in [-0.1, -0.05) is 60.7 Å². The van der Waals surface area contributed by atoms with Crippen LogP contribution in [0.15, 0.2) is 60.7 Å². The Balaban J connectivity index is 0.00000220. The summed E-state index contributed by atoms with van der Waals surface area (Å²) in [6.07, 6.45) is 0. The highest BCUT2D eigenvalue weighted by Crippen LogP contribution is 2.02. The molecule has 2 N–H and O–H groups in total. The highest BCUT2D eigenvalue weighted by atomic mass is 35.5. The van der Waals surface area contributed by atoms with E-state index in [9.17, 15) is 0 Å². The lowest BCUT2D eigenvalue weighted by Gasteiger charge is -2.13. The molecule has 0 aliphatic carbocycles. The summed E-state index contributed by atoms with van der Waals surface area (Å²) in [7, 11) is 0. The first-order valence-corrected chi connectivity index (χ1v) is 6.83. The quantitative estimate of drug-likeness (QED) is 0.814. The van der Waals surface area contributed by atoms with Crippen LogP contribution in [0.1, 0.15) is 11.1 Å². The van der Waals surface area contributed by atoms with E-state index in [4.69, 9.17) is 15.2 Å². The van der Waals surface area contributed by atoms with Gasteiger partial charge >= 0.3 is 0 Å². The molecule has 0 saturated heterocycles. The summed E-state index contributed by atoms with van der Waals surface area (Å²) < 4.78 is 11.2. The van der Waals surface area contributed by atoms with Crippen LogP contribution in [0.25, 0.3) is 0 Å². The summed E-state index contributed by atoms with van der Waals surface area (Å²) in [4.78, 5) is 0. The molecule has 0 unspecified atom stereocenters. The van der Waals surface area contributed by atoms with Gasteiger partial charge in [0.25, 0.3) is 0 Å². The maximum Gasteiger partial charge on any atom is 0.0717 e. The molecule has 0 spiro atoms. The Bertz CT molecular complexity index is 433. The number of rotatable bonds is 8. The molecule has 0 bridgehead atoms. The van der Waals surface area contributed by atoms with Crippen LogP contribution in [0.4, 0.5) is 0 Å². The molecule has 2 rings (SSSR count). The normalized spacial score (nSPS) is 10.4. The van der Waals surface area contributed by atoms with Gasteiger partial charge < -0.3 is 15.2 Å². The second kappa shape index (κ2) is 10.4. The summed E-state index contributed by atoms with van der Waals surface area (Å²) in [5.74, 6) is 0. The molecule has 21 heavy (non-hydrogen) atoms. The monoisotopic (exact) mass is 307 g/mol. The Morgan fingerprint density at radius 2 is 1.10 bits per heavy atom. The minimum absolute atomic E-state index is 0. The fraction of sp³-hybridized carbons (Fsp3) is 0.294. The Morgan fingerprint density at radius 3 is 1.48 bits per heavy atom. The summed E-state index contributed by atoms with van der Waals surface area (Å²) in [5.41, 5.74) is 8.27. The van der Waals surface area contributed by atoms with Crippen molar-refractivity contribution in [2.24, 2.45) is 5.73 Å². The molecule has 0 aliphatic rings. The zero-order valence-electron chi connectivity index (χ0n) is 12.0. The van der Waals surface area contributed by atoms with Gasteiger partial charge in [0.1, 0.15) is 0 Å². The van der Waals surface area contributed by atoms with Crippen molar-refractivity contribution < 1.29 is 9.47 Å². The molecular weight excluding hydrogens is 286 g/mol. The third-order valence-electron chi connectivity index (χ3n) is 2.89. The van der Waals surface area contributed by atoms with Crippen LogP contribution in [-0.2, 0) is 22.7 Å². The molecular formula is C17H22ClNO2. The number of ether oxygens (including phenoxy) is 2. The van der Waals surface area contributed by atoms with Crippen LogP contribution in [0, 0.1) is 0 Å². The van der Waals surface area contributed by atoms with Crippen molar-refractivity contribution in [3.05, 3.63) is 71.8 Å². The van der Waals surface area contributed by atoms with E-state index < -0.39 is 0 Å². The van der Waals surface area contributed by atoms with Crippen molar-refractivity contribution in [1.29, 1.82) is 0 Å². The highest BCUT2D eigenvalue weighted by molar-refractivity contribution is 5.85. The van der Waals surface area contributed by atoms with Gasteiger partial charge in [-0.15, -0.1) is 12.4 Å². The third-order valence-corrected chi connectivity index (χ3v) is 2.89. The van der Waals surface area contributed by atoms with E-state index in [1.165, 1.54) is 0 Å². The van der Waals surface area contributed by atoms with E-state index in [1.807, 2.05) is 60.7 Å². The van der Waals surface area contributed by atoms with Crippen molar-refractivity contribution in [2.45, 2.75) is 19.3 Å². The smallest absolute Gasteiger partial charge is 0.0717 e. The largest absolute Gasteiger partial charge is 0.375 e. The van der Waals surface area contributed by atoms with Gasteiger partial charge in [-0.05, 0) is 11.1 Å². The predicted molar refractivity (Wildman–Crippen MR) is 87.4 cm³/mol. The average Bonchev–Trinajstić information content (AvgIpc) is 2.49. The Morgan fingerprint density at radius 1 is 0.714 bits per heavy atom. The zero-order valence-corrected chi connectivity index (χ0v) is 12.8. The van der Waals surface area contributed by atoms with E-state index >= 15 is 0 Å². The minimum atomic E-state index is -0.0950. The summed E-state index contributed by atoms with van der Waals surface area (Å²) >= 11 is 0. The van der Waals surface area contributed by atoms with E-state index in [0.29, 0.717) is 26.4 Å². The first kappa shape index (κ1) is 17.7. The molecule has 3 nitrogen and oxygen atoms in total. The SMILES string of the molecule is Cl.NC(COCc1ccccc1)COCc1ccccc1. The fourth-order valence-electron chi connectivity index (χ4n) is 1.85. The lowest BCUT2D eigenvalue weighted by molar-refractivity contribution is 0.0546. The van der Waals surface area contributed by atoms with E-state index in [1.54, 1.807) is 0 Å². The van der Waals surface area contributed by atoms with Gasteiger partial charge in [0, 0.05) is 0 Å². The van der Waals surface area contributed by atoms with E-state index in [0.717, 1.165) is 11.1 Å². The number of benzene rings is 2.